The molecule has 0 aliphatic carbocycles. The Morgan fingerprint density at radius 3 is 1.54 bits per heavy atom. The molecule has 0 aliphatic heterocycles. The highest BCUT2D eigenvalue weighted by molar-refractivity contribution is 7.85. The predicted octanol–water partition coefficient (Wildman–Crippen LogP) is 2.37. The van der Waals surface area contributed by atoms with Crippen molar-refractivity contribution >= 4 is 44.9 Å². The molecule has 3 aromatic carbocycles. The molecule has 3 aromatic rings. The first kappa shape index (κ1) is 21.5. The maximum absolute atomic E-state index is 10.6. The summed E-state index contributed by atoms with van der Waals surface area (Å²) in [7, 11) is -4.60. The van der Waals surface area contributed by atoms with Gasteiger partial charge in [-0.25, -0.2) is 8.42 Å². The third-order valence-electron chi connectivity index (χ3n) is 2.93. The standard InChI is InChI=1S/C12H10I.C6H3Cl3O3S/c1-3-7-11(8-4-1)13-12-9-5-2-6-10-12;7-3-1-5(9)6(2-4(3)8)13(10,11)12/h1-10H;1-2H,(H,10,11,12)/q+1;/p-1. The predicted molar refractivity (Wildman–Crippen MR) is 99.7 cm³/mol. The topological polar surface area (TPSA) is 57.2 Å². The molecule has 0 saturated carbocycles. The highest BCUT2D eigenvalue weighted by Crippen LogP contribution is 2.31. The Balaban J connectivity index is 0.000000187. The van der Waals surface area contributed by atoms with E-state index in [0.29, 0.717) is 0 Å². The first-order valence-electron chi connectivity index (χ1n) is 7.13. The summed E-state index contributed by atoms with van der Waals surface area (Å²) < 4.78 is 34.7. The van der Waals surface area contributed by atoms with Crippen molar-refractivity contribution in [3.8, 4) is 0 Å². The Morgan fingerprint density at radius 1 is 0.692 bits per heavy atom. The summed E-state index contributed by atoms with van der Waals surface area (Å²) in [4.78, 5) is -0.566. The molecule has 0 heterocycles. The fraction of sp³-hybridized carbons (Fsp3) is 0. The average Bonchev–Trinajstić information content (AvgIpc) is 2.59. The van der Waals surface area contributed by atoms with Gasteiger partial charge in [0.15, 0.2) is 7.14 Å². The van der Waals surface area contributed by atoms with Gasteiger partial charge in [-0.05, 0) is 36.4 Å². The molecule has 0 unspecified atom stereocenters. The van der Waals surface area contributed by atoms with E-state index in [2.05, 4.69) is 60.7 Å². The van der Waals surface area contributed by atoms with Crippen LogP contribution in [0.1, 0.15) is 0 Å². The van der Waals surface area contributed by atoms with E-state index >= 15 is 0 Å². The van der Waals surface area contributed by atoms with Crippen LogP contribution >= 0.6 is 34.8 Å². The van der Waals surface area contributed by atoms with Crippen LogP contribution in [0.4, 0.5) is 0 Å². The van der Waals surface area contributed by atoms with E-state index in [1.165, 1.54) is 7.14 Å². The number of hydrogen-bond acceptors (Lipinski definition) is 3. The van der Waals surface area contributed by atoms with Gasteiger partial charge >= 0.3 is 21.2 Å². The molecule has 0 amide bonds. The molecule has 0 saturated heterocycles. The average molecular weight is 542 g/mol. The van der Waals surface area contributed by atoms with E-state index in [4.69, 9.17) is 34.8 Å². The van der Waals surface area contributed by atoms with E-state index in [-0.39, 0.29) is 36.3 Å². The lowest BCUT2D eigenvalue weighted by Gasteiger charge is -2.09. The van der Waals surface area contributed by atoms with Crippen molar-refractivity contribution in [2.24, 2.45) is 0 Å². The number of hydrogen-bond donors (Lipinski definition) is 0. The molecule has 0 aliphatic rings. The maximum Gasteiger partial charge on any atom is 0.357 e. The molecule has 136 valence electrons. The van der Waals surface area contributed by atoms with Crippen LogP contribution in [0, 0.1) is 7.14 Å². The van der Waals surface area contributed by atoms with Crippen LogP contribution in [0.3, 0.4) is 0 Å². The van der Waals surface area contributed by atoms with Crippen LogP contribution in [0.2, 0.25) is 15.1 Å². The van der Waals surface area contributed by atoms with E-state index in [0.717, 1.165) is 12.1 Å². The molecule has 0 N–H and O–H groups in total. The van der Waals surface area contributed by atoms with Crippen LogP contribution in [0.25, 0.3) is 0 Å². The van der Waals surface area contributed by atoms with Gasteiger partial charge < -0.3 is 4.55 Å². The lowest BCUT2D eigenvalue weighted by molar-refractivity contribution is -0.597. The molecule has 8 heteroatoms. The Bertz CT molecular complexity index is 928. The van der Waals surface area contributed by atoms with Gasteiger partial charge in [-0.3, -0.25) is 0 Å². The Labute approximate surface area is 177 Å². The van der Waals surface area contributed by atoms with Gasteiger partial charge in [0.1, 0.15) is 10.1 Å². The van der Waals surface area contributed by atoms with Crippen molar-refractivity contribution < 1.29 is 34.2 Å². The van der Waals surface area contributed by atoms with Gasteiger partial charge in [0.05, 0.1) is 20.0 Å². The minimum Gasteiger partial charge on any atom is -0.744 e. The van der Waals surface area contributed by atoms with E-state index in [1.54, 1.807) is 0 Å². The highest BCUT2D eigenvalue weighted by Gasteiger charge is 2.13. The molecule has 0 radical (unpaired) electrons. The zero-order chi connectivity index (χ0) is 19.2. The maximum atomic E-state index is 10.6. The first-order valence-corrected chi connectivity index (χ1v) is 11.8. The quantitative estimate of drug-likeness (QED) is 0.291. The van der Waals surface area contributed by atoms with Crippen LogP contribution in [-0.4, -0.2) is 13.0 Å². The molecule has 0 atom stereocenters. The van der Waals surface area contributed by atoms with Gasteiger partial charge in [-0.15, -0.1) is 0 Å². The molecular weight excluding hydrogens is 530 g/mol. The van der Waals surface area contributed by atoms with Gasteiger partial charge in [0.2, 0.25) is 0 Å². The van der Waals surface area contributed by atoms with Crippen molar-refractivity contribution in [3.05, 3.63) is 95.0 Å². The van der Waals surface area contributed by atoms with Gasteiger partial charge in [0, 0.05) is 0 Å². The zero-order valence-electron chi connectivity index (χ0n) is 13.1. The molecule has 26 heavy (non-hydrogen) atoms. The van der Waals surface area contributed by atoms with E-state index in [9.17, 15) is 13.0 Å². The summed E-state index contributed by atoms with van der Waals surface area (Å²) in [6.07, 6.45) is 0. The SMILES string of the molecule is O=S(=O)([O-])c1cc(Cl)c(Cl)cc1Cl.c1ccc([I+]c2ccccc2)cc1. The van der Waals surface area contributed by atoms with Crippen molar-refractivity contribution in [1.29, 1.82) is 0 Å². The normalized spacial score (nSPS) is 10.8. The van der Waals surface area contributed by atoms with Gasteiger partial charge in [-0.1, -0.05) is 71.2 Å². The second-order valence-electron chi connectivity index (χ2n) is 4.84. The van der Waals surface area contributed by atoms with Crippen molar-refractivity contribution in [2.45, 2.75) is 4.90 Å². The lowest BCUT2D eigenvalue weighted by atomic mass is 10.4. The zero-order valence-corrected chi connectivity index (χ0v) is 18.3. The van der Waals surface area contributed by atoms with Crippen molar-refractivity contribution in [1.82, 2.24) is 0 Å². The third kappa shape index (κ3) is 6.72. The minimum absolute atomic E-state index is 0.0273. The summed E-state index contributed by atoms with van der Waals surface area (Å²) in [6, 6.07) is 23.4. The van der Waals surface area contributed by atoms with Crippen LogP contribution in [-0.2, 0) is 10.1 Å². The largest absolute Gasteiger partial charge is 0.744 e. The van der Waals surface area contributed by atoms with Gasteiger partial charge in [-0.2, -0.15) is 0 Å². The van der Waals surface area contributed by atoms with Crippen molar-refractivity contribution in [2.75, 3.05) is 0 Å². The first-order chi connectivity index (χ1) is 12.3. The van der Waals surface area contributed by atoms with Crippen LogP contribution in [0.5, 0.6) is 0 Å². The fourth-order valence-electron chi connectivity index (χ4n) is 1.78. The molecular formula is C18H12Cl3IO3S. The second-order valence-corrected chi connectivity index (χ2v) is 10.4. The monoisotopic (exact) mass is 540 g/mol. The Morgan fingerprint density at radius 2 is 1.12 bits per heavy atom. The molecule has 0 spiro atoms. The van der Waals surface area contributed by atoms with E-state index in [1.807, 2.05) is 0 Å². The molecule has 3 rings (SSSR count). The molecule has 0 fully saturated rings. The molecule has 0 aromatic heterocycles. The third-order valence-corrected chi connectivity index (χ3v) is 7.64. The Hall–Kier alpha value is -0.830. The van der Waals surface area contributed by atoms with Crippen LogP contribution < -0.4 is 21.2 Å². The number of rotatable bonds is 3. The molecule has 0 bridgehead atoms. The fourth-order valence-corrected chi connectivity index (χ4v) is 5.50. The summed E-state index contributed by atoms with van der Waals surface area (Å²) >= 11 is 16.5. The smallest absolute Gasteiger partial charge is 0.357 e. The number of benzene rings is 3. The van der Waals surface area contributed by atoms with Crippen molar-refractivity contribution in [3.63, 3.8) is 0 Å². The summed E-state index contributed by atoms with van der Waals surface area (Å²) in [5.74, 6) is 0. The summed E-state index contributed by atoms with van der Waals surface area (Å²) in [5.41, 5.74) is 0. The molecule has 3 nitrogen and oxygen atoms in total. The second kappa shape index (κ2) is 9.92. The summed E-state index contributed by atoms with van der Waals surface area (Å²) in [5, 5.41) is -0.163. The van der Waals surface area contributed by atoms with Crippen LogP contribution in [0.15, 0.2) is 77.7 Å². The number of halogens is 4. The highest BCUT2D eigenvalue weighted by atomic mass is 127. The van der Waals surface area contributed by atoms with Gasteiger partial charge in [0.25, 0.3) is 0 Å². The summed E-state index contributed by atoms with van der Waals surface area (Å²) in [6.45, 7) is 0. The lowest BCUT2D eigenvalue weighted by Crippen LogP contribution is -3.61. The minimum atomic E-state index is -4.60. The Kier molecular flexibility index (Phi) is 8.19. The van der Waals surface area contributed by atoms with E-state index < -0.39 is 15.0 Å².